The summed E-state index contributed by atoms with van der Waals surface area (Å²) in [6, 6.07) is 6.32. The quantitative estimate of drug-likeness (QED) is 0.523. The lowest BCUT2D eigenvalue weighted by atomic mass is 10.0. The van der Waals surface area contributed by atoms with Crippen molar-refractivity contribution >= 4 is 23.6 Å². The maximum atomic E-state index is 12.9. The third-order valence-electron chi connectivity index (χ3n) is 5.55. The first-order chi connectivity index (χ1) is 16.4. The fraction of sp³-hybridized carbons (Fsp3) is 0.227. The number of hydrogen-bond acceptors (Lipinski definition) is 10. The highest BCUT2D eigenvalue weighted by Crippen LogP contribution is 2.26. The van der Waals surface area contributed by atoms with Crippen molar-refractivity contribution in [1.82, 2.24) is 30.2 Å². The highest BCUT2D eigenvalue weighted by molar-refractivity contribution is 6.18. The average Bonchev–Trinajstić information content (AvgIpc) is 3.56. The number of amides is 4. The molecule has 2 aliphatic rings. The number of carbonyl (C=O) groups excluding carboxylic acids is 4. The molecule has 2 aliphatic heterocycles. The van der Waals surface area contributed by atoms with Crippen molar-refractivity contribution in [2.24, 2.45) is 0 Å². The van der Waals surface area contributed by atoms with E-state index in [9.17, 15) is 19.2 Å². The Kier molecular flexibility index (Phi) is 5.24. The molecule has 1 unspecified atom stereocenters. The molecule has 0 spiro atoms. The number of rotatable bonds is 6. The normalized spacial score (nSPS) is 18.3. The largest absolute Gasteiger partial charge is 0.444 e. The van der Waals surface area contributed by atoms with Gasteiger partial charge in [-0.1, -0.05) is 23.4 Å². The van der Waals surface area contributed by atoms with E-state index in [-0.39, 0.29) is 31.0 Å². The molecule has 3 aromatic rings. The summed E-state index contributed by atoms with van der Waals surface area (Å²) in [6.07, 6.45) is 4.25. The number of piperidine rings is 1. The van der Waals surface area contributed by atoms with E-state index in [0.717, 1.165) is 16.5 Å². The Morgan fingerprint density at radius 1 is 1.21 bits per heavy atom. The third-order valence-corrected chi connectivity index (χ3v) is 5.55. The maximum absolute atomic E-state index is 12.9. The van der Waals surface area contributed by atoms with Crippen molar-refractivity contribution in [2.45, 2.75) is 25.4 Å². The van der Waals surface area contributed by atoms with Crippen LogP contribution in [0.5, 0.6) is 0 Å². The Morgan fingerprint density at radius 2 is 2.03 bits per heavy atom. The van der Waals surface area contributed by atoms with Gasteiger partial charge in [0.1, 0.15) is 11.7 Å². The minimum absolute atomic E-state index is 0.0566. The first-order valence-corrected chi connectivity index (χ1v) is 10.4. The van der Waals surface area contributed by atoms with Gasteiger partial charge in [-0.3, -0.25) is 29.4 Å². The van der Waals surface area contributed by atoms with Crippen molar-refractivity contribution in [3.63, 3.8) is 0 Å². The van der Waals surface area contributed by atoms with Crippen LogP contribution >= 0.6 is 0 Å². The molecule has 4 amide bonds. The molecule has 1 atom stereocenters. The summed E-state index contributed by atoms with van der Waals surface area (Å²) in [7, 11) is 1.60. The molecule has 0 saturated carbocycles. The summed E-state index contributed by atoms with van der Waals surface area (Å²) in [6.45, 7) is 0.0584. The molecule has 1 N–H and O–H groups in total. The molecule has 0 radical (unpaired) electrons. The van der Waals surface area contributed by atoms with Crippen LogP contribution < -0.4 is 5.32 Å². The predicted octanol–water partition coefficient (Wildman–Crippen LogP) is 0.881. The Morgan fingerprint density at radius 3 is 2.79 bits per heavy atom. The molecular formula is C22H18N6O6. The average molecular weight is 462 g/mol. The Bertz CT molecular complexity index is 1330. The van der Waals surface area contributed by atoms with Gasteiger partial charge in [-0.2, -0.15) is 4.98 Å². The van der Waals surface area contributed by atoms with Crippen LogP contribution in [-0.2, 0) is 25.7 Å². The standard InChI is InChI=1S/C22H18N6O6/c1-27(15-8-19(30)28(22(15)32)14-5-6-17(29)24-21(14)31)10-18-25-20(26-34-18)13-4-2-3-12(7-13)16-9-23-11-33-16/h2-4,7-9,11,14H,5-6,10H2,1H3,(H,24,29,31). The van der Waals surface area contributed by atoms with Crippen LogP contribution in [0.15, 0.2) is 57.6 Å². The first-order valence-electron chi connectivity index (χ1n) is 10.4. The lowest BCUT2D eigenvalue weighted by Gasteiger charge is -2.29. The number of hydrogen-bond donors (Lipinski definition) is 1. The highest BCUT2D eigenvalue weighted by atomic mass is 16.5. The van der Waals surface area contributed by atoms with Gasteiger partial charge in [0.05, 0.1) is 12.7 Å². The number of imide groups is 2. The van der Waals surface area contributed by atoms with Crippen LogP contribution in [0.1, 0.15) is 18.7 Å². The molecule has 1 saturated heterocycles. The Balaban J connectivity index is 1.29. The van der Waals surface area contributed by atoms with Gasteiger partial charge in [-0.15, -0.1) is 0 Å². The lowest BCUT2D eigenvalue weighted by molar-refractivity contribution is -0.150. The Hall–Kier alpha value is -4.61. The lowest BCUT2D eigenvalue weighted by Crippen LogP contribution is -2.54. The Labute approximate surface area is 192 Å². The summed E-state index contributed by atoms with van der Waals surface area (Å²) in [5.74, 6) is -1.16. The van der Waals surface area contributed by atoms with Crippen LogP contribution in [0, 0.1) is 0 Å². The second kappa shape index (κ2) is 8.39. The molecule has 0 bridgehead atoms. The van der Waals surface area contributed by atoms with Crippen LogP contribution in [-0.4, -0.2) is 61.6 Å². The van der Waals surface area contributed by atoms with Crippen molar-refractivity contribution in [3.8, 4) is 22.7 Å². The molecule has 2 aromatic heterocycles. The van der Waals surface area contributed by atoms with Crippen LogP contribution in [0.2, 0.25) is 0 Å². The summed E-state index contributed by atoms with van der Waals surface area (Å²) < 4.78 is 10.7. The van der Waals surface area contributed by atoms with E-state index in [1.54, 1.807) is 13.2 Å². The molecule has 34 heavy (non-hydrogen) atoms. The van der Waals surface area contributed by atoms with E-state index < -0.39 is 29.7 Å². The zero-order chi connectivity index (χ0) is 23.8. The monoisotopic (exact) mass is 462 g/mol. The molecule has 12 nitrogen and oxygen atoms in total. The van der Waals surface area contributed by atoms with Gasteiger partial charge in [0, 0.05) is 30.7 Å². The fourth-order valence-electron chi connectivity index (χ4n) is 3.86. The molecule has 1 fully saturated rings. The summed E-state index contributed by atoms with van der Waals surface area (Å²) in [5, 5.41) is 6.16. The smallest absolute Gasteiger partial charge is 0.277 e. The zero-order valence-corrected chi connectivity index (χ0v) is 17.9. The van der Waals surface area contributed by atoms with E-state index in [4.69, 9.17) is 8.94 Å². The number of carbonyl (C=O) groups is 4. The van der Waals surface area contributed by atoms with E-state index in [1.165, 1.54) is 11.3 Å². The first kappa shape index (κ1) is 21.2. The minimum atomic E-state index is -1.02. The van der Waals surface area contributed by atoms with Gasteiger partial charge >= 0.3 is 0 Å². The number of nitrogens with one attached hydrogen (secondary N) is 1. The zero-order valence-electron chi connectivity index (χ0n) is 17.9. The van der Waals surface area contributed by atoms with E-state index >= 15 is 0 Å². The van der Waals surface area contributed by atoms with Gasteiger partial charge < -0.3 is 13.8 Å². The number of benzene rings is 1. The second-order valence-corrected chi connectivity index (χ2v) is 7.82. The number of aromatic nitrogens is 3. The van der Waals surface area contributed by atoms with Gasteiger partial charge in [0.2, 0.25) is 23.5 Å². The molecule has 0 aliphatic carbocycles. The molecule has 12 heteroatoms. The van der Waals surface area contributed by atoms with Crippen LogP contribution in [0.4, 0.5) is 0 Å². The highest BCUT2D eigenvalue weighted by Gasteiger charge is 2.43. The van der Waals surface area contributed by atoms with E-state index in [0.29, 0.717) is 17.1 Å². The van der Waals surface area contributed by atoms with Crippen molar-refractivity contribution < 1.29 is 28.1 Å². The van der Waals surface area contributed by atoms with E-state index in [2.05, 4.69) is 20.4 Å². The van der Waals surface area contributed by atoms with Crippen molar-refractivity contribution in [2.75, 3.05) is 7.05 Å². The summed E-state index contributed by atoms with van der Waals surface area (Å²) in [5.41, 5.74) is 1.58. The third kappa shape index (κ3) is 3.85. The SMILES string of the molecule is CN(Cc1nc(-c2cccc(-c3cnco3)c2)no1)C1=CC(=O)N(C2CCC(=O)NC2=O)C1=O. The van der Waals surface area contributed by atoms with Crippen LogP contribution in [0.3, 0.4) is 0 Å². The number of oxazole rings is 1. The molecule has 4 heterocycles. The number of nitrogens with zero attached hydrogens (tertiary/aromatic N) is 5. The molecular weight excluding hydrogens is 444 g/mol. The van der Waals surface area contributed by atoms with Crippen LogP contribution in [0.25, 0.3) is 22.7 Å². The van der Waals surface area contributed by atoms with Gasteiger partial charge in [-0.05, 0) is 12.5 Å². The van der Waals surface area contributed by atoms with Gasteiger partial charge in [0.25, 0.3) is 11.8 Å². The topological polar surface area (TPSA) is 152 Å². The summed E-state index contributed by atoms with van der Waals surface area (Å²) >= 11 is 0. The van der Waals surface area contributed by atoms with Crippen molar-refractivity contribution in [1.29, 1.82) is 0 Å². The van der Waals surface area contributed by atoms with Gasteiger partial charge in [-0.25, -0.2) is 4.98 Å². The molecule has 172 valence electrons. The molecule has 5 rings (SSSR count). The van der Waals surface area contributed by atoms with Gasteiger partial charge in [0.15, 0.2) is 12.2 Å². The summed E-state index contributed by atoms with van der Waals surface area (Å²) in [4.78, 5) is 59.5. The van der Waals surface area contributed by atoms with Crippen molar-refractivity contribution in [3.05, 3.63) is 54.5 Å². The van der Waals surface area contributed by atoms with E-state index in [1.807, 2.05) is 24.3 Å². The molecule has 1 aromatic carbocycles. The minimum Gasteiger partial charge on any atom is -0.444 e. The fourth-order valence-corrected chi connectivity index (χ4v) is 3.86. The number of likely N-dealkylation sites (N-methyl/N-ethyl adjacent to an activating group) is 1. The predicted molar refractivity (Wildman–Crippen MR) is 113 cm³/mol. The maximum Gasteiger partial charge on any atom is 0.277 e. The second-order valence-electron chi connectivity index (χ2n) is 7.82.